The molecule has 3 unspecified atom stereocenters. The monoisotopic (exact) mass is 709 g/mol. The number of hydrogen-bond acceptors (Lipinski definition) is 5. The molecule has 3 atom stereocenters. The van der Waals surface area contributed by atoms with Crippen LogP contribution >= 0.6 is 0 Å². The molecular weight excluding hydrogens is 671 g/mol. The van der Waals surface area contributed by atoms with Gasteiger partial charge in [0.2, 0.25) is 0 Å². The van der Waals surface area contributed by atoms with Crippen molar-refractivity contribution in [2.24, 2.45) is 11.8 Å². The maximum absolute atomic E-state index is 5.16. The van der Waals surface area contributed by atoms with Crippen LogP contribution < -0.4 is 0 Å². The Kier molecular flexibility index (Phi) is 8.60. The molecule has 2 bridgehead atoms. The van der Waals surface area contributed by atoms with Crippen LogP contribution in [0.4, 0.5) is 0 Å². The molecule has 0 aliphatic heterocycles. The topological polar surface area (TPSA) is 64.5 Å². The number of benzene rings is 6. The summed E-state index contributed by atoms with van der Waals surface area (Å²) in [6, 6.07) is 58.9. The largest absolute Gasteiger partial charge is 0.228 e. The van der Waals surface area contributed by atoms with Crippen LogP contribution in [0.1, 0.15) is 37.2 Å². The van der Waals surface area contributed by atoms with Crippen LogP contribution in [0, 0.1) is 11.8 Å². The molecule has 5 nitrogen and oxygen atoms in total. The average Bonchev–Trinajstić information content (AvgIpc) is 3.92. The first kappa shape index (κ1) is 33.0. The van der Waals surface area contributed by atoms with E-state index in [-0.39, 0.29) is 0 Å². The highest BCUT2D eigenvalue weighted by atomic mass is 15.0. The summed E-state index contributed by atoms with van der Waals surface area (Å²) < 4.78 is 0. The minimum atomic E-state index is 0.638. The molecule has 8 aromatic rings. The van der Waals surface area contributed by atoms with Crippen LogP contribution in [0.25, 0.3) is 79.2 Å². The fourth-order valence-electron chi connectivity index (χ4n) is 8.65. The molecule has 0 spiro atoms. The van der Waals surface area contributed by atoms with Crippen LogP contribution in [0.15, 0.2) is 170 Å². The molecule has 55 heavy (non-hydrogen) atoms. The summed E-state index contributed by atoms with van der Waals surface area (Å²) in [5.41, 5.74) is 11.6. The molecular formula is C50H39N5. The standard InChI is InChI=1S/C50H39N5/c1-4-12-35(13-5-1)47-51-45(32-46(52-47)43-21-11-19-40(31-43)44-29-33-22-23-41(44)28-33)42-20-10-18-39(30-42)34-24-26-38(27-25-34)50-54-48(36-14-6-2-7-15-36)53-49(55-50)37-16-8-3-9-17-37/h1-21,24-27,30-33,41,44H,22-23,28-29H2. The summed E-state index contributed by atoms with van der Waals surface area (Å²) in [6.07, 6.45) is 5.50. The van der Waals surface area contributed by atoms with Crippen molar-refractivity contribution < 1.29 is 0 Å². The molecule has 2 heterocycles. The summed E-state index contributed by atoms with van der Waals surface area (Å²) in [4.78, 5) is 25.0. The van der Waals surface area contributed by atoms with Crippen molar-refractivity contribution in [2.75, 3.05) is 0 Å². The Morgan fingerprint density at radius 2 is 0.782 bits per heavy atom. The van der Waals surface area contributed by atoms with Gasteiger partial charge >= 0.3 is 0 Å². The predicted molar refractivity (Wildman–Crippen MR) is 222 cm³/mol. The number of aromatic nitrogens is 5. The number of hydrogen-bond donors (Lipinski definition) is 0. The van der Waals surface area contributed by atoms with E-state index in [0.717, 1.165) is 73.6 Å². The molecule has 0 radical (unpaired) electrons. The van der Waals surface area contributed by atoms with Gasteiger partial charge in [0.15, 0.2) is 23.3 Å². The van der Waals surface area contributed by atoms with E-state index >= 15 is 0 Å². The molecule has 2 aliphatic rings. The second-order valence-electron chi connectivity index (χ2n) is 14.9. The maximum Gasteiger partial charge on any atom is 0.164 e. The third-order valence-electron chi connectivity index (χ3n) is 11.4. The minimum absolute atomic E-state index is 0.638. The molecule has 2 aliphatic carbocycles. The summed E-state index contributed by atoms with van der Waals surface area (Å²) in [5, 5.41) is 0. The zero-order chi connectivity index (χ0) is 36.6. The fourth-order valence-corrected chi connectivity index (χ4v) is 8.65. The zero-order valence-electron chi connectivity index (χ0n) is 30.5. The van der Waals surface area contributed by atoms with Crippen molar-refractivity contribution in [3.8, 4) is 79.2 Å². The lowest BCUT2D eigenvalue weighted by Gasteiger charge is -2.22. The van der Waals surface area contributed by atoms with Gasteiger partial charge < -0.3 is 0 Å². The van der Waals surface area contributed by atoms with E-state index in [9.17, 15) is 0 Å². The first-order chi connectivity index (χ1) is 27.2. The van der Waals surface area contributed by atoms with Gasteiger partial charge in [-0.15, -0.1) is 0 Å². The maximum atomic E-state index is 5.16. The van der Waals surface area contributed by atoms with Gasteiger partial charge in [-0.2, -0.15) is 0 Å². The lowest BCUT2D eigenvalue weighted by molar-refractivity contribution is 0.420. The van der Waals surface area contributed by atoms with E-state index in [1.54, 1.807) is 0 Å². The van der Waals surface area contributed by atoms with E-state index in [0.29, 0.717) is 23.4 Å². The van der Waals surface area contributed by atoms with Crippen molar-refractivity contribution >= 4 is 0 Å². The molecule has 0 amide bonds. The highest BCUT2D eigenvalue weighted by molar-refractivity contribution is 5.77. The predicted octanol–water partition coefficient (Wildman–Crippen LogP) is 12.2. The van der Waals surface area contributed by atoms with Gasteiger partial charge in [0, 0.05) is 33.4 Å². The highest BCUT2D eigenvalue weighted by Crippen LogP contribution is 2.53. The van der Waals surface area contributed by atoms with E-state index in [1.807, 2.05) is 78.9 Å². The van der Waals surface area contributed by atoms with Crippen LogP contribution in [0.2, 0.25) is 0 Å². The van der Waals surface area contributed by atoms with Gasteiger partial charge in [-0.25, -0.2) is 24.9 Å². The lowest BCUT2D eigenvalue weighted by atomic mass is 9.83. The van der Waals surface area contributed by atoms with Gasteiger partial charge in [-0.05, 0) is 71.9 Å². The molecule has 2 aromatic heterocycles. The van der Waals surface area contributed by atoms with Crippen LogP contribution in [-0.2, 0) is 0 Å². The van der Waals surface area contributed by atoms with Gasteiger partial charge in [-0.3, -0.25) is 0 Å². The second kappa shape index (κ2) is 14.3. The quantitative estimate of drug-likeness (QED) is 0.157. The molecule has 5 heteroatoms. The number of rotatable bonds is 8. The number of fused-ring (bicyclic) bond motifs is 2. The highest BCUT2D eigenvalue weighted by Gasteiger charge is 2.40. The first-order valence-electron chi connectivity index (χ1n) is 19.3. The number of nitrogens with zero attached hydrogens (tertiary/aromatic N) is 5. The lowest BCUT2D eigenvalue weighted by Crippen LogP contribution is -2.08. The van der Waals surface area contributed by atoms with E-state index < -0.39 is 0 Å². The van der Waals surface area contributed by atoms with Crippen molar-refractivity contribution in [3.05, 3.63) is 175 Å². The summed E-state index contributed by atoms with van der Waals surface area (Å²) in [6.45, 7) is 0. The summed E-state index contributed by atoms with van der Waals surface area (Å²) >= 11 is 0. The Hall–Kier alpha value is -6.59. The van der Waals surface area contributed by atoms with Crippen molar-refractivity contribution in [1.82, 2.24) is 24.9 Å². The molecule has 10 rings (SSSR count). The third kappa shape index (κ3) is 6.74. The van der Waals surface area contributed by atoms with Crippen molar-refractivity contribution in [2.45, 2.75) is 31.6 Å². The van der Waals surface area contributed by atoms with Crippen LogP contribution in [0.5, 0.6) is 0 Å². The minimum Gasteiger partial charge on any atom is -0.228 e. The van der Waals surface area contributed by atoms with Gasteiger partial charge in [0.1, 0.15) is 0 Å². The smallest absolute Gasteiger partial charge is 0.164 e. The third-order valence-corrected chi connectivity index (χ3v) is 11.4. The molecule has 2 saturated carbocycles. The van der Waals surface area contributed by atoms with Crippen molar-refractivity contribution in [3.63, 3.8) is 0 Å². The Morgan fingerprint density at radius 3 is 1.31 bits per heavy atom. The Labute approximate surface area is 321 Å². The van der Waals surface area contributed by atoms with Gasteiger partial charge in [0.25, 0.3) is 0 Å². The Morgan fingerprint density at radius 1 is 0.327 bits per heavy atom. The average molecular weight is 710 g/mol. The van der Waals surface area contributed by atoms with Crippen LogP contribution in [-0.4, -0.2) is 24.9 Å². The SMILES string of the molecule is c1ccc(-c2nc(-c3cccc(-c4ccc(-c5nc(-c6ccccc6)nc(-c6ccccc6)n5)cc4)c3)cc(-c3cccc(C4CC5CCC4C5)c3)n2)cc1. The molecule has 0 N–H and O–H groups in total. The molecule has 0 saturated heterocycles. The fraction of sp³-hybridized carbons (Fsp3) is 0.140. The van der Waals surface area contributed by atoms with Crippen LogP contribution in [0.3, 0.4) is 0 Å². The Balaban J connectivity index is 0.996. The van der Waals surface area contributed by atoms with E-state index in [4.69, 9.17) is 24.9 Å². The summed E-state index contributed by atoms with van der Waals surface area (Å²) in [5.74, 6) is 5.07. The van der Waals surface area contributed by atoms with Gasteiger partial charge in [0.05, 0.1) is 11.4 Å². The zero-order valence-corrected chi connectivity index (χ0v) is 30.5. The summed E-state index contributed by atoms with van der Waals surface area (Å²) in [7, 11) is 0. The van der Waals surface area contributed by atoms with Gasteiger partial charge in [-0.1, -0.05) is 158 Å². The first-order valence-corrected chi connectivity index (χ1v) is 19.3. The second-order valence-corrected chi connectivity index (χ2v) is 14.9. The van der Waals surface area contributed by atoms with E-state index in [2.05, 4.69) is 91.0 Å². The molecule has 2 fully saturated rings. The van der Waals surface area contributed by atoms with Crippen molar-refractivity contribution in [1.29, 1.82) is 0 Å². The Bertz CT molecular complexity index is 2550. The molecule has 6 aromatic carbocycles. The van der Waals surface area contributed by atoms with E-state index in [1.165, 1.54) is 31.2 Å². The normalized spacial score (nSPS) is 17.3. The molecule has 264 valence electrons.